The molecule has 0 fully saturated rings. The van der Waals surface area contributed by atoms with Gasteiger partial charge in [-0.25, -0.2) is 4.39 Å². The highest BCUT2D eigenvalue weighted by atomic mass is 19.1. The van der Waals surface area contributed by atoms with E-state index in [1.165, 1.54) is 12.1 Å². The summed E-state index contributed by atoms with van der Waals surface area (Å²) < 4.78 is 13.2. The zero-order valence-electron chi connectivity index (χ0n) is 11.3. The standard InChI is InChI=1S/C14H18FN3O/c1-9(2)18-14(19)10(3)17-8-12-4-11(7-16)5-13(15)6-12/h4-6,9-10,17H,8H2,1-3H3,(H,18,19). The van der Waals surface area contributed by atoms with Crippen molar-refractivity contribution < 1.29 is 9.18 Å². The predicted octanol–water partition coefficient (Wildman–Crippen LogP) is 1.70. The van der Waals surface area contributed by atoms with Crippen LogP contribution in [0, 0.1) is 17.1 Å². The number of hydrogen-bond donors (Lipinski definition) is 2. The van der Waals surface area contributed by atoms with Crippen molar-refractivity contribution in [2.24, 2.45) is 0 Å². The fourth-order valence-electron chi connectivity index (χ4n) is 1.59. The van der Waals surface area contributed by atoms with Crippen LogP contribution in [-0.2, 0) is 11.3 Å². The van der Waals surface area contributed by atoms with Crippen molar-refractivity contribution in [2.75, 3.05) is 0 Å². The number of nitrogens with zero attached hydrogens (tertiary/aromatic N) is 1. The maximum atomic E-state index is 13.2. The number of rotatable bonds is 5. The van der Waals surface area contributed by atoms with E-state index in [-0.39, 0.29) is 23.6 Å². The van der Waals surface area contributed by atoms with E-state index in [4.69, 9.17) is 5.26 Å². The van der Waals surface area contributed by atoms with Crippen molar-refractivity contribution in [1.29, 1.82) is 5.26 Å². The average molecular weight is 263 g/mol. The van der Waals surface area contributed by atoms with Crippen molar-refractivity contribution in [3.8, 4) is 6.07 Å². The topological polar surface area (TPSA) is 64.9 Å². The molecule has 0 radical (unpaired) electrons. The van der Waals surface area contributed by atoms with Gasteiger partial charge in [0.25, 0.3) is 0 Å². The minimum absolute atomic E-state index is 0.0797. The Morgan fingerprint density at radius 1 is 1.37 bits per heavy atom. The molecule has 1 rings (SSSR count). The Morgan fingerprint density at radius 2 is 2.05 bits per heavy atom. The van der Waals surface area contributed by atoms with Crippen LogP contribution in [0.4, 0.5) is 4.39 Å². The number of carbonyl (C=O) groups is 1. The lowest BCUT2D eigenvalue weighted by atomic mass is 10.1. The van der Waals surface area contributed by atoms with Gasteiger partial charge >= 0.3 is 0 Å². The molecule has 0 bridgehead atoms. The number of hydrogen-bond acceptors (Lipinski definition) is 3. The monoisotopic (exact) mass is 263 g/mol. The highest BCUT2D eigenvalue weighted by Crippen LogP contribution is 2.08. The van der Waals surface area contributed by atoms with Crippen molar-refractivity contribution in [1.82, 2.24) is 10.6 Å². The molecule has 1 aromatic carbocycles. The Kier molecular flexibility index (Phi) is 5.46. The maximum absolute atomic E-state index is 13.2. The second-order valence-electron chi connectivity index (χ2n) is 4.73. The van der Waals surface area contributed by atoms with Crippen molar-refractivity contribution in [3.05, 3.63) is 35.1 Å². The van der Waals surface area contributed by atoms with E-state index in [0.29, 0.717) is 12.1 Å². The van der Waals surface area contributed by atoms with Gasteiger partial charge in [0.05, 0.1) is 17.7 Å². The van der Waals surface area contributed by atoms with Gasteiger partial charge in [0.15, 0.2) is 0 Å². The maximum Gasteiger partial charge on any atom is 0.237 e. The minimum Gasteiger partial charge on any atom is -0.353 e. The largest absolute Gasteiger partial charge is 0.353 e. The molecule has 1 unspecified atom stereocenters. The second-order valence-corrected chi connectivity index (χ2v) is 4.73. The van der Waals surface area contributed by atoms with Crippen LogP contribution in [0.15, 0.2) is 18.2 Å². The molecule has 19 heavy (non-hydrogen) atoms. The van der Waals surface area contributed by atoms with E-state index in [9.17, 15) is 9.18 Å². The molecule has 0 aromatic heterocycles. The molecule has 4 nitrogen and oxygen atoms in total. The van der Waals surface area contributed by atoms with E-state index in [0.717, 1.165) is 0 Å². The number of benzene rings is 1. The van der Waals surface area contributed by atoms with Crippen molar-refractivity contribution >= 4 is 5.91 Å². The molecule has 0 aliphatic heterocycles. The van der Waals surface area contributed by atoms with E-state index in [1.54, 1.807) is 13.0 Å². The molecule has 0 saturated heterocycles. The van der Waals surface area contributed by atoms with Crippen LogP contribution in [0.25, 0.3) is 0 Å². The van der Waals surface area contributed by atoms with Crippen LogP contribution in [-0.4, -0.2) is 18.0 Å². The molecule has 0 aliphatic carbocycles. The Labute approximate surface area is 112 Å². The zero-order chi connectivity index (χ0) is 14.4. The average Bonchev–Trinajstić information content (AvgIpc) is 2.34. The number of amides is 1. The van der Waals surface area contributed by atoms with Gasteiger partial charge in [0, 0.05) is 12.6 Å². The van der Waals surface area contributed by atoms with Crippen LogP contribution in [0.1, 0.15) is 31.9 Å². The van der Waals surface area contributed by atoms with Crippen molar-refractivity contribution in [3.63, 3.8) is 0 Å². The third-order valence-electron chi connectivity index (χ3n) is 2.52. The summed E-state index contributed by atoms with van der Waals surface area (Å²) >= 11 is 0. The smallest absolute Gasteiger partial charge is 0.237 e. The van der Waals surface area contributed by atoms with Crippen LogP contribution >= 0.6 is 0 Å². The lowest BCUT2D eigenvalue weighted by molar-refractivity contribution is -0.123. The summed E-state index contributed by atoms with van der Waals surface area (Å²) in [5.74, 6) is -0.554. The third-order valence-corrected chi connectivity index (χ3v) is 2.52. The van der Waals surface area contributed by atoms with Gasteiger partial charge in [-0.15, -0.1) is 0 Å². The zero-order valence-corrected chi connectivity index (χ0v) is 11.3. The molecule has 0 saturated carbocycles. The molecule has 5 heteroatoms. The van der Waals surface area contributed by atoms with Gasteiger partial charge < -0.3 is 10.6 Å². The van der Waals surface area contributed by atoms with Gasteiger partial charge in [-0.3, -0.25) is 4.79 Å². The number of nitriles is 1. The third kappa shape index (κ3) is 5.06. The van der Waals surface area contributed by atoms with Crippen LogP contribution in [0.2, 0.25) is 0 Å². The molecule has 0 aliphatic rings. The molecule has 0 heterocycles. The first-order valence-electron chi connectivity index (χ1n) is 6.15. The van der Waals surface area contributed by atoms with E-state index >= 15 is 0 Å². The fraction of sp³-hybridized carbons (Fsp3) is 0.429. The lowest BCUT2D eigenvalue weighted by Crippen LogP contribution is -2.44. The minimum atomic E-state index is -0.449. The predicted molar refractivity (Wildman–Crippen MR) is 70.7 cm³/mol. The first kappa shape index (κ1) is 15.1. The Morgan fingerprint density at radius 3 is 2.63 bits per heavy atom. The van der Waals surface area contributed by atoms with Gasteiger partial charge in [-0.2, -0.15) is 5.26 Å². The molecule has 2 N–H and O–H groups in total. The summed E-state index contributed by atoms with van der Waals surface area (Å²) in [6.07, 6.45) is 0. The van der Waals surface area contributed by atoms with E-state index < -0.39 is 5.82 Å². The summed E-state index contributed by atoms with van der Waals surface area (Å²) in [6.45, 7) is 5.84. The highest BCUT2D eigenvalue weighted by molar-refractivity contribution is 5.81. The lowest BCUT2D eigenvalue weighted by Gasteiger charge is -2.16. The first-order valence-corrected chi connectivity index (χ1v) is 6.15. The van der Waals surface area contributed by atoms with Gasteiger partial charge in [0.2, 0.25) is 5.91 Å². The van der Waals surface area contributed by atoms with Crippen LogP contribution in [0.3, 0.4) is 0 Å². The Bertz CT molecular complexity index is 494. The molecular formula is C14H18FN3O. The number of nitrogens with one attached hydrogen (secondary N) is 2. The summed E-state index contributed by atoms with van der Waals surface area (Å²) in [5, 5.41) is 14.5. The van der Waals surface area contributed by atoms with Gasteiger partial charge in [-0.05, 0) is 44.5 Å². The normalized spacial score (nSPS) is 12.0. The SMILES string of the molecule is CC(C)NC(=O)C(C)NCc1cc(F)cc(C#N)c1. The van der Waals surface area contributed by atoms with Crippen LogP contribution in [0.5, 0.6) is 0 Å². The number of halogens is 1. The quantitative estimate of drug-likeness (QED) is 0.849. The number of carbonyl (C=O) groups excluding carboxylic acids is 1. The summed E-state index contributed by atoms with van der Waals surface area (Å²) in [5.41, 5.74) is 0.914. The Balaban J connectivity index is 2.59. The summed E-state index contributed by atoms with van der Waals surface area (Å²) in [4.78, 5) is 11.7. The van der Waals surface area contributed by atoms with Crippen LogP contribution < -0.4 is 10.6 Å². The molecule has 0 spiro atoms. The van der Waals surface area contributed by atoms with E-state index in [2.05, 4.69) is 10.6 Å². The summed E-state index contributed by atoms with van der Waals surface area (Å²) in [6, 6.07) is 5.73. The van der Waals surface area contributed by atoms with Gasteiger partial charge in [0.1, 0.15) is 5.82 Å². The van der Waals surface area contributed by atoms with Crippen molar-refractivity contribution in [2.45, 2.75) is 39.4 Å². The first-order chi connectivity index (χ1) is 8.92. The van der Waals surface area contributed by atoms with Gasteiger partial charge in [-0.1, -0.05) is 0 Å². The second kappa shape index (κ2) is 6.86. The highest BCUT2D eigenvalue weighted by Gasteiger charge is 2.13. The Hall–Kier alpha value is -1.93. The molecular weight excluding hydrogens is 245 g/mol. The molecule has 1 amide bonds. The summed E-state index contributed by atoms with van der Waals surface area (Å²) in [7, 11) is 0. The fourth-order valence-corrected chi connectivity index (χ4v) is 1.59. The molecule has 1 atom stereocenters. The molecule has 102 valence electrons. The van der Waals surface area contributed by atoms with E-state index in [1.807, 2.05) is 19.9 Å². The molecule has 1 aromatic rings.